The first-order chi connectivity index (χ1) is 8.72. The topological polar surface area (TPSA) is 51.6 Å². The van der Waals surface area contributed by atoms with Gasteiger partial charge in [0, 0.05) is 6.20 Å². The van der Waals surface area contributed by atoms with Crippen LogP contribution < -0.4 is 9.47 Å². The highest BCUT2D eigenvalue weighted by Crippen LogP contribution is 2.36. The van der Waals surface area contributed by atoms with E-state index < -0.39 is 6.10 Å². The van der Waals surface area contributed by atoms with Gasteiger partial charge in [-0.1, -0.05) is 6.07 Å². The molecule has 1 N–H and O–H groups in total. The highest BCUT2D eigenvalue weighted by atomic mass is 16.5. The molecule has 94 valence electrons. The smallest absolute Gasteiger partial charge is 0.145 e. The number of benzene rings is 1. The lowest BCUT2D eigenvalue weighted by Gasteiger charge is -2.16. The zero-order valence-electron chi connectivity index (χ0n) is 10.3. The van der Waals surface area contributed by atoms with E-state index in [4.69, 9.17) is 9.47 Å². The molecule has 0 bridgehead atoms. The summed E-state index contributed by atoms with van der Waals surface area (Å²) in [6.45, 7) is 1.67. The van der Waals surface area contributed by atoms with Crippen molar-refractivity contribution >= 4 is 0 Å². The van der Waals surface area contributed by atoms with Gasteiger partial charge in [-0.15, -0.1) is 0 Å². The number of aliphatic hydroxyl groups excluding tert-OH is 1. The average Bonchev–Trinajstić information content (AvgIpc) is 2.39. The van der Waals surface area contributed by atoms with Crippen molar-refractivity contribution in [1.29, 1.82) is 0 Å². The van der Waals surface area contributed by atoms with Crippen molar-refractivity contribution in [2.45, 2.75) is 13.0 Å². The van der Waals surface area contributed by atoms with Crippen molar-refractivity contribution in [3.05, 3.63) is 48.3 Å². The van der Waals surface area contributed by atoms with Gasteiger partial charge in [0.2, 0.25) is 0 Å². The summed E-state index contributed by atoms with van der Waals surface area (Å²) in [4.78, 5) is 3.98. The average molecular weight is 245 g/mol. The summed E-state index contributed by atoms with van der Waals surface area (Å²) in [5.74, 6) is 1.79. The fourth-order valence-corrected chi connectivity index (χ4v) is 1.74. The van der Waals surface area contributed by atoms with Crippen LogP contribution in [0.4, 0.5) is 0 Å². The molecule has 0 saturated carbocycles. The minimum Gasteiger partial charge on any atom is -0.496 e. The Morgan fingerprint density at radius 3 is 2.56 bits per heavy atom. The molecular weight excluding hydrogens is 230 g/mol. The summed E-state index contributed by atoms with van der Waals surface area (Å²) >= 11 is 0. The normalized spacial score (nSPS) is 11.9. The Morgan fingerprint density at radius 2 is 1.94 bits per heavy atom. The number of aliphatic hydroxyl groups is 1. The van der Waals surface area contributed by atoms with Crippen LogP contribution in [0, 0.1) is 0 Å². The summed E-state index contributed by atoms with van der Waals surface area (Å²) in [6, 6.07) is 8.99. The van der Waals surface area contributed by atoms with Gasteiger partial charge in [-0.25, -0.2) is 0 Å². The number of methoxy groups -OCH3 is 1. The summed E-state index contributed by atoms with van der Waals surface area (Å²) in [7, 11) is 1.56. The Hall–Kier alpha value is -2.07. The van der Waals surface area contributed by atoms with Crippen LogP contribution in [0.5, 0.6) is 17.2 Å². The molecule has 0 aliphatic heterocycles. The number of pyridine rings is 1. The van der Waals surface area contributed by atoms with E-state index in [-0.39, 0.29) is 0 Å². The minimum absolute atomic E-state index is 0.567. The molecule has 0 radical (unpaired) electrons. The number of aromatic nitrogens is 1. The van der Waals surface area contributed by atoms with Gasteiger partial charge in [-0.3, -0.25) is 4.98 Å². The lowest BCUT2D eigenvalue weighted by molar-refractivity contribution is 0.190. The van der Waals surface area contributed by atoms with Crippen molar-refractivity contribution in [2.75, 3.05) is 7.11 Å². The zero-order chi connectivity index (χ0) is 13.0. The summed E-state index contributed by atoms with van der Waals surface area (Å²) in [6.07, 6.45) is 2.62. The molecule has 1 heterocycles. The maximum absolute atomic E-state index is 9.82. The van der Waals surface area contributed by atoms with Crippen LogP contribution in [-0.2, 0) is 0 Å². The van der Waals surface area contributed by atoms with Gasteiger partial charge in [0.05, 0.1) is 25.0 Å². The minimum atomic E-state index is -0.673. The zero-order valence-corrected chi connectivity index (χ0v) is 10.3. The monoisotopic (exact) mass is 245 g/mol. The molecule has 0 saturated heterocycles. The fourth-order valence-electron chi connectivity index (χ4n) is 1.74. The SMILES string of the molecule is COc1cccc(Oc2cccnc2)c1C(C)O. The standard InChI is InChI=1S/C14H15NO3/c1-10(16)14-12(17-2)6-3-7-13(14)18-11-5-4-8-15-9-11/h3-10,16H,1-2H3. The molecular formula is C14H15NO3. The van der Waals surface area contributed by atoms with Crippen LogP contribution in [0.2, 0.25) is 0 Å². The molecule has 2 rings (SSSR count). The molecule has 1 aromatic carbocycles. The number of nitrogens with zero attached hydrogens (tertiary/aromatic N) is 1. The second-order valence-electron chi connectivity index (χ2n) is 3.84. The van der Waals surface area contributed by atoms with E-state index in [1.165, 1.54) is 0 Å². The van der Waals surface area contributed by atoms with E-state index in [1.807, 2.05) is 6.07 Å². The molecule has 0 aliphatic carbocycles. The Balaban J connectivity index is 2.38. The largest absolute Gasteiger partial charge is 0.496 e. The van der Waals surface area contributed by atoms with Crippen molar-refractivity contribution < 1.29 is 14.6 Å². The molecule has 4 nitrogen and oxygen atoms in total. The lowest BCUT2D eigenvalue weighted by Crippen LogP contribution is -2.00. The highest BCUT2D eigenvalue weighted by Gasteiger charge is 2.15. The van der Waals surface area contributed by atoms with Crippen molar-refractivity contribution in [3.8, 4) is 17.2 Å². The maximum atomic E-state index is 9.82. The molecule has 0 fully saturated rings. The van der Waals surface area contributed by atoms with Crippen molar-refractivity contribution in [1.82, 2.24) is 4.98 Å². The van der Waals surface area contributed by atoms with E-state index in [0.29, 0.717) is 22.8 Å². The Bertz CT molecular complexity index is 512. The van der Waals surface area contributed by atoms with Crippen LogP contribution >= 0.6 is 0 Å². The van der Waals surface area contributed by atoms with E-state index in [2.05, 4.69) is 4.98 Å². The van der Waals surface area contributed by atoms with Crippen LogP contribution in [-0.4, -0.2) is 17.2 Å². The van der Waals surface area contributed by atoms with E-state index in [1.54, 1.807) is 50.7 Å². The van der Waals surface area contributed by atoms with Gasteiger partial charge in [0.1, 0.15) is 17.2 Å². The Kier molecular flexibility index (Phi) is 3.79. The molecule has 1 unspecified atom stereocenters. The predicted octanol–water partition coefficient (Wildman–Crippen LogP) is 2.94. The molecule has 0 amide bonds. The van der Waals surface area contributed by atoms with Crippen LogP contribution in [0.25, 0.3) is 0 Å². The summed E-state index contributed by atoms with van der Waals surface area (Å²) in [5, 5.41) is 9.82. The number of hydrogen-bond donors (Lipinski definition) is 1. The second-order valence-corrected chi connectivity index (χ2v) is 3.84. The third kappa shape index (κ3) is 2.60. The van der Waals surface area contributed by atoms with Gasteiger partial charge in [0.25, 0.3) is 0 Å². The van der Waals surface area contributed by atoms with Crippen molar-refractivity contribution in [3.63, 3.8) is 0 Å². The highest BCUT2D eigenvalue weighted by molar-refractivity contribution is 5.47. The summed E-state index contributed by atoms with van der Waals surface area (Å²) < 4.78 is 10.9. The second kappa shape index (κ2) is 5.51. The van der Waals surface area contributed by atoms with Gasteiger partial charge in [0.15, 0.2) is 0 Å². The molecule has 2 aromatic rings. The van der Waals surface area contributed by atoms with Crippen LogP contribution in [0.3, 0.4) is 0 Å². The van der Waals surface area contributed by atoms with Crippen LogP contribution in [0.1, 0.15) is 18.6 Å². The van der Waals surface area contributed by atoms with Gasteiger partial charge in [-0.05, 0) is 31.2 Å². The maximum Gasteiger partial charge on any atom is 0.145 e. The molecule has 1 atom stereocenters. The van der Waals surface area contributed by atoms with Gasteiger partial charge >= 0.3 is 0 Å². The molecule has 1 aromatic heterocycles. The molecule has 0 spiro atoms. The number of ether oxygens (including phenoxy) is 2. The fraction of sp³-hybridized carbons (Fsp3) is 0.214. The third-order valence-electron chi connectivity index (χ3n) is 2.53. The first-order valence-electron chi connectivity index (χ1n) is 5.65. The van der Waals surface area contributed by atoms with Gasteiger partial charge < -0.3 is 14.6 Å². The quantitative estimate of drug-likeness (QED) is 0.899. The van der Waals surface area contributed by atoms with E-state index in [0.717, 1.165) is 0 Å². The Labute approximate surface area is 106 Å². The van der Waals surface area contributed by atoms with Gasteiger partial charge in [-0.2, -0.15) is 0 Å². The first kappa shape index (κ1) is 12.4. The number of hydrogen-bond acceptors (Lipinski definition) is 4. The number of rotatable bonds is 4. The predicted molar refractivity (Wildman–Crippen MR) is 67.9 cm³/mol. The third-order valence-corrected chi connectivity index (χ3v) is 2.53. The van der Waals surface area contributed by atoms with E-state index in [9.17, 15) is 5.11 Å². The first-order valence-corrected chi connectivity index (χ1v) is 5.65. The van der Waals surface area contributed by atoms with Crippen molar-refractivity contribution in [2.24, 2.45) is 0 Å². The lowest BCUT2D eigenvalue weighted by atomic mass is 10.1. The van der Waals surface area contributed by atoms with Crippen LogP contribution in [0.15, 0.2) is 42.7 Å². The summed E-state index contributed by atoms with van der Waals surface area (Å²) in [5.41, 5.74) is 0.629. The molecule has 4 heteroatoms. The molecule has 18 heavy (non-hydrogen) atoms. The van der Waals surface area contributed by atoms with E-state index >= 15 is 0 Å². The molecule has 0 aliphatic rings. The Morgan fingerprint density at radius 1 is 1.17 bits per heavy atom.